The second-order valence-corrected chi connectivity index (χ2v) is 5.99. The molecule has 1 heterocycles. The summed E-state index contributed by atoms with van der Waals surface area (Å²) < 4.78 is 10.2. The average Bonchev–Trinajstić information content (AvgIpc) is 2.96. The van der Waals surface area contributed by atoms with Gasteiger partial charge in [-0.15, -0.1) is 0 Å². The lowest BCUT2D eigenvalue weighted by Crippen LogP contribution is -2.01. The third-order valence-electron chi connectivity index (χ3n) is 3.43. The summed E-state index contributed by atoms with van der Waals surface area (Å²) in [6, 6.07) is 12.5. The first kappa shape index (κ1) is 17.3. The molecule has 0 amide bonds. The van der Waals surface area contributed by atoms with Gasteiger partial charge in [-0.3, -0.25) is 0 Å². The summed E-state index contributed by atoms with van der Waals surface area (Å²) >= 11 is 12.0. The third-order valence-corrected chi connectivity index (χ3v) is 3.99. The largest absolute Gasteiger partial charge is 0.497 e. The topological polar surface area (TPSA) is 47.9 Å². The van der Waals surface area contributed by atoms with Crippen LogP contribution in [-0.2, 0) is 9.53 Å². The van der Waals surface area contributed by atoms with E-state index in [1.54, 1.807) is 43.5 Å². The van der Waals surface area contributed by atoms with E-state index in [1.165, 1.54) is 0 Å². The van der Waals surface area contributed by atoms with Crippen molar-refractivity contribution in [3.63, 3.8) is 0 Å². The predicted molar refractivity (Wildman–Crippen MR) is 100.0 cm³/mol. The van der Waals surface area contributed by atoms with Gasteiger partial charge in [-0.25, -0.2) is 9.79 Å². The van der Waals surface area contributed by atoms with Gasteiger partial charge in [-0.2, -0.15) is 0 Å². The van der Waals surface area contributed by atoms with E-state index in [0.717, 1.165) is 11.3 Å². The SMILES string of the molecule is COc1ccc(/C=C/C2=NC(=C\c3ccc(Cl)cc3Cl)/C(=O)O2)cc1. The van der Waals surface area contributed by atoms with Crippen LogP contribution in [0, 0.1) is 0 Å². The molecule has 0 saturated heterocycles. The van der Waals surface area contributed by atoms with Crippen LogP contribution in [0.4, 0.5) is 0 Å². The number of nitrogens with zero attached hydrogens (tertiary/aromatic N) is 1. The number of esters is 1. The number of halogens is 2. The number of hydrogen-bond donors (Lipinski definition) is 0. The van der Waals surface area contributed by atoms with Gasteiger partial charge in [0, 0.05) is 16.1 Å². The fourth-order valence-electron chi connectivity index (χ4n) is 2.15. The normalized spacial score (nSPS) is 15.6. The van der Waals surface area contributed by atoms with Crippen LogP contribution < -0.4 is 4.74 Å². The molecule has 0 atom stereocenters. The molecule has 126 valence electrons. The molecule has 0 aromatic heterocycles. The van der Waals surface area contributed by atoms with Gasteiger partial charge in [0.1, 0.15) is 5.75 Å². The quantitative estimate of drug-likeness (QED) is 0.558. The highest BCUT2D eigenvalue weighted by Gasteiger charge is 2.21. The van der Waals surface area contributed by atoms with E-state index in [4.69, 9.17) is 32.7 Å². The van der Waals surface area contributed by atoms with E-state index in [2.05, 4.69) is 4.99 Å². The Balaban J connectivity index is 1.79. The maximum Gasteiger partial charge on any atom is 0.363 e. The van der Waals surface area contributed by atoms with Gasteiger partial charge >= 0.3 is 5.97 Å². The van der Waals surface area contributed by atoms with Crippen LogP contribution in [0.3, 0.4) is 0 Å². The van der Waals surface area contributed by atoms with Crippen molar-refractivity contribution >= 4 is 47.2 Å². The number of aliphatic imine (C=N–C) groups is 1. The molecule has 0 bridgehead atoms. The van der Waals surface area contributed by atoms with Crippen LogP contribution in [-0.4, -0.2) is 19.0 Å². The third kappa shape index (κ3) is 4.29. The molecule has 6 heteroatoms. The number of hydrogen-bond acceptors (Lipinski definition) is 4. The molecule has 0 saturated carbocycles. The number of ether oxygens (including phenoxy) is 2. The Kier molecular flexibility index (Phi) is 5.22. The second-order valence-electron chi connectivity index (χ2n) is 5.14. The Bertz CT molecular complexity index is 899. The number of rotatable bonds is 4. The molecule has 4 nitrogen and oxygen atoms in total. The molecule has 1 aliphatic heterocycles. The Morgan fingerprint density at radius 3 is 2.52 bits per heavy atom. The summed E-state index contributed by atoms with van der Waals surface area (Å²) in [5.41, 5.74) is 1.75. The number of carbonyl (C=O) groups is 1. The van der Waals surface area contributed by atoms with Crippen LogP contribution in [0.25, 0.3) is 12.2 Å². The molecule has 0 spiro atoms. The molecule has 25 heavy (non-hydrogen) atoms. The van der Waals surface area contributed by atoms with E-state index < -0.39 is 5.97 Å². The van der Waals surface area contributed by atoms with Gasteiger partial charge in [-0.1, -0.05) is 41.4 Å². The van der Waals surface area contributed by atoms with Gasteiger partial charge in [0.05, 0.1) is 7.11 Å². The lowest BCUT2D eigenvalue weighted by Gasteiger charge is -1.99. The molecule has 3 rings (SSSR count). The van der Waals surface area contributed by atoms with E-state index in [1.807, 2.05) is 24.3 Å². The predicted octanol–water partition coefficient (Wildman–Crippen LogP) is 5.01. The zero-order chi connectivity index (χ0) is 17.8. The Morgan fingerprint density at radius 2 is 1.84 bits per heavy atom. The number of methoxy groups -OCH3 is 1. The molecule has 0 fully saturated rings. The minimum atomic E-state index is -0.527. The van der Waals surface area contributed by atoms with Gasteiger partial charge in [0.25, 0.3) is 0 Å². The Labute approximate surface area is 155 Å². The lowest BCUT2D eigenvalue weighted by atomic mass is 10.2. The summed E-state index contributed by atoms with van der Waals surface area (Å²) in [7, 11) is 1.61. The van der Waals surface area contributed by atoms with Crippen molar-refractivity contribution in [3.8, 4) is 5.75 Å². The monoisotopic (exact) mass is 373 g/mol. The highest BCUT2D eigenvalue weighted by molar-refractivity contribution is 6.35. The summed E-state index contributed by atoms with van der Waals surface area (Å²) in [5.74, 6) is 0.462. The second kappa shape index (κ2) is 7.55. The van der Waals surface area contributed by atoms with Crippen LogP contribution >= 0.6 is 23.2 Å². The van der Waals surface area contributed by atoms with E-state index in [9.17, 15) is 4.79 Å². The number of cyclic esters (lactones) is 1. The van der Waals surface area contributed by atoms with Crippen molar-refractivity contribution < 1.29 is 14.3 Å². The lowest BCUT2D eigenvalue weighted by molar-refractivity contribution is -0.129. The van der Waals surface area contributed by atoms with Crippen LogP contribution in [0.1, 0.15) is 11.1 Å². The zero-order valence-electron chi connectivity index (χ0n) is 13.2. The van der Waals surface area contributed by atoms with Gasteiger partial charge in [0.2, 0.25) is 5.90 Å². The zero-order valence-corrected chi connectivity index (χ0v) is 14.7. The van der Waals surface area contributed by atoms with Crippen molar-refractivity contribution in [2.24, 2.45) is 4.99 Å². The molecule has 0 N–H and O–H groups in total. The van der Waals surface area contributed by atoms with E-state index in [-0.39, 0.29) is 11.6 Å². The summed E-state index contributed by atoms with van der Waals surface area (Å²) in [5, 5.41) is 0.956. The Hall–Kier alpha value is -2.56. The van der Waals surface area contributed by atoms with Crippen molar-refractivity contribution in [2.45, 2.75) is 0 Å². The smallest absolute Gasteiger partial charge is 0.363 e. The Morgan fingerprint density at radius 1 is 1.08 bits per heavy atom. The standard InChI is InChI=1S/C19H13Cl2NO3/c1-24-15-7-2-12(3-8-15)4-9-18-22-17(19(23)25-18)10-13-5-6-14(20)11-16(13)21/h2-11H,1H3/b9-4+,17-10-. The van der Waals surface area contributed by atoms with E-state index >= 15 is 0 Å². The van der Waals surface area contributed by atoms with Crippen LogP contribution in [0.15, 0.2) is 59.2 Å². The van der Waals surface area contributed by atoms with Crippen LogP contribution in [0.5, 0.6) is 5.75 Å². The summed E-state index contributed by atoms with van der Waals surface area (Å²) in [4.78, 5) is 16.1. The minimum absolute atomic E-state index is 0.179. The van der Waals surface area contributed by atoms with Crippen molar-refractivity contribution in [3.05, 3.63) is 75.4 Å². The molecule has 0 aliphatic carbocycles. The van der Waals surface area contributed by atoms with Gasteiger partial charge < -0.3 is 9.47 Å². The molecule has 0 unspecified atom stereocenters. The molecule has 2 aromatic carbocycles. The molecule has 1 aliphatic rings. The summed E-state index contributed by atoms with van der Waals surface area (Å²) in [6.45, 7) is 0. The fourth-order valence-corrected chi connectivity index (χ4v) is 2.61. The first-order valence-corrected chi connectivity index (χ1v) is 8.10. The van der Waals surface area contributed by atoms with E-state index in [0.29, 0.717) is 15.6 Å². The van der Waals surface area contributed by atoms with Crippen molar-refractivity contribution in [1.82, 2.24) is 0 Å². The maximum atomic E-state index is 11.9. The first-order valence-electron chi connectivity index (χ1n) is 7.35. The van der Waals surface area contributed by atoms with Crippen LogP contribution in [0.2, 0.25) is 10.0 Å². The number of benzene rings is 2. The summed E-state index contributed by atoms with van der Waals surface area (Å²) in [6.07, 6.45) is 4.99. The van der Waals surface area contributed by atoms with Gasteiger partial charge in [-0.05, 0) is 47.5 Å². The minimum Gasteiger partial charge on any atom is -0.497 e. The molecule has 2 aromatic rings. The average molecular weight is 374 g/mol. The highest BCUT2D eigenvalue weighted by Crippen LogP contribution is 2.25. The van der Waals surface area contributed by atoms with Crippen molar-refractivity contribution in [2.75, 3.05) is 7.11 Å². The first-order chi connectivity index (χ1) is 12.0. The fraction of sp³-hybridized carbons (Fsp3) is 0.0526. The molecular weight excluding hydrogens is 361 g/mol. The van der Waals surface area contributed by atoms with Gasteiger partial charge in [0.15, 0.2) is 5.70 Å². The molecule has 0 radical (unpaired) electrons. The van der Waals surface area contributed by atoms with Crippen molar-refractivity contribution in [1.29, 1.82) is 0 Å². The number of carbonyl (C=O) groups excluding carboxylic acids is 1. The molecular formula is C19H13Cl2NO3. The highest BCUT2D eigenvalue weighted by atomic mass is 35.5. The maximum absolute atomic E-state index is 11.9.